The first kappa shape index (κ1) is 14.3. The predicted molar refractivity (Wildman–Crippen MR) is 82.6 cm³/mol. The lowest BCUT2D eigenvalue weighted by Crippen LogP contribution is -2.22. The monoisotopic (exact) mass is 300 g/mol. The van der Waals surface area contributed by atoms with Crippen molar-refractivity contribution in [2.24, 2.45) is 0 Å². The van der Waals surface area contributed by atoms with E-state index in [4.69, 9.17) is 4.74 Å². The number of fused-ring (bicyclic) bond motifs is 1. The SMILES string of the molecule is COCCn1cnc2ccc(NC3=CC(=O)NC3)cc2c1=O. The number of nitrogens with zero attached hydrogens (tertiary/aromatic N) is 2. The van der Waals surface area contributed by atoms with E-state index < -0.39 is 0 Å². The Morgan fingerprint density at radius 2 is 2.27 bits per heavy atom. The Kier molecular flexibility index (Phi) is 3.88. The van der Waals surface area contributed by atoms with Gasteiger partial charge in [0.15, 0.2) is 0 Å². The zero-order valence-electron chi connectivity index (χ0n) is 12.1. The zero-order valence-corrected chi connectivity index (χ0v) is 12.1. The van der Waals surface area contributed by atoms with Crippen LogP contribution in [0.2, 0.25) is 0 Å². The number of aromatic nitrogens is 2. The molecule has 1 aromatic heterocycles. The van der Waals surface area contributed by atoms with E-state index in [0.717, 1.165) is 11.4 Å². The maximum atomic E-state index is 12.4. The highest BCUT2D eigenvalue weighted by Gasteiger charge is 2.11. The molecule has 3 rings (SSSR count). The average Bonchev–Trinajstić information content (AvgIpc) is 2.92. The molecule has 0 aliphatic carbocycles. The molecule has 114 valence electrons. The number of nitrogens with one attached hydrogen (secondary N) is 2. The topological polar surface area (TPSA) is 85.2 Å². The van der Waals surface area contributed by atoms with Crippen molar-refractivity contribution in [2.75, 3.05) is 25.6 Å². The van der Waals surface area contributed by atoms with E-state index in [1.165, 1.54) is 17.0 Å². The molecule has 0 bridgehead atoms. The van der Waals surface area contributed by atoms with Crippen molar-refractivity contribution in [1.29, 1.82) is 0 Å². The third-order valence-electron chi connectivity index (χ3n) is 3.42. The minimum absolute atomic E-state index is 0.111. The highest BCUT2D eigenvalue weighted by atomic mass is 16.5. The maximum Gasteiger partial charge on any atom is 0.261 e. The Morgan fingerprint density at radius 3 is 3.00 bits per heavy atom. The van der Waals surface area contributed by atoms with E-state index in [1.807, 2.05) is 6.07 Å². The highest BCUT2D eigenvalue weighted by molar-refractivity contribution is 5.92. The standard InChI is InChI=1S/C15H16N4O3/c1-22-5-4-19-9-17-13-3-2-10(6-12(13)15(19)21)18-11-7-14(20)16-8-11/h2-3,6-7,9,18H,4-5,8H2,1H3,(H,16,20). The molecule has 1 amide bonds. The summed E-state index contributed by atoms with van der Waals surface area (Å²) in [6.45, 7) is 1.37. The lowest BCUT2D eigenvalue weighted by atomic mass is 10.2. The molecule has 0 saturated heterocycles. The molecular weight excluding hydrogens is 284 g/mol. The molecule has 0 fully saturated rings. The number of carbonyl (C=O) groups excluding carboxylic acids is 1. The first-order valence-electron chi connectivity index (χ1n) is 6.91. The fourth-order valence-electron chi connectivity index (χ4n) is 2.29. The molecule has 0 radical (unpaired) electrons. The van der Waals surface area contributed by atoms with Crippen LogP contribution in [0.15, 0.2) is 41.1 Å². The second kappa shape index (κ2) is 5.98. The number of amides is 1. The number of hydrogen-bond donors (Lipinski definition) is 2. The summed E-state index contributed by atoms with van der Waals surface area (Å²) >= 11 is 0. The van der Waals surface area contributed by atoms with Gasteiger partial charge in [-0.3, -0.25) is 14.2 Å². The van der Waals surface area contributed by atoms with Crippen LogP contribution in [0.4, 0.5) is 5.69 Å². The zero-order chi connectivity index (χ0) is 15.5. The van der Waals surface area contributed by atoms with Gasteiger partial charge in [-0.25, -0.2) is 4.98 Å². The quantitative estimate of drug-likeness (QED) is 0.838. The van der Waals surface area contributed by atoms with Crippen LogP contribution in [0.3, 0.4) is 0 Å². The third-order valence-corrected chi connectivity index (χ3v) is 3.42. The number of carbonyl (C=O) groups is 1. The number of anilines is 1. The molecule has 7 heteroatoms. The molecule has 7 nitrogen and oxygen atoms in total. The van der Waals surface area contributed by atoms with E-state index in [2.05, 4.69) is 15.6 Å². The molecular formula is C15H16N4O3. The summed E-state index contributed by atoms with van der Waals surface area (Å²) in [5, 5.41) is 6.34. The number of methoxy groups -OCH3 is 1. The van der Waals surface area contributed by atoms with Gasteiger partial charge in [-0.05, 0) is 18.2 Å². The van der Waals surface area contributed by atoms with Gasteiger partial charge in [0.05, 0.1) is 36.9 Å². The van der Waals surface area contributed by atoms with E-state index in [0.29, 0.717) is 30.6 Å². The first-order chi connectivity index (χ1) is 10.7. The molecule has 0 atom stereocenters. The van der Waals surface area contributed by atoms with Crippen LogP contribution in [0.5, 0.6) is 0 Å². The molecule has 2 heterocycles. The van der Waals surface area contributed by atoms with Crippen LogP contribution < -0.4 is 16.2 Å². The van der Waals surface area contributed by atoms with Crippen LogP contribution in [0.1, 0.15) is 0 Å². The van der Waals surface area contributed by atoms with Gasteiger partial charge >= 0.3 is 0 Å². The van der Waals surface area contributed by atoms with Crippen molar-refractivity contribution in [3.05, 3.63) is 46.7 Å². The van der Waals surface area contributed by atoms with Gasteiger partial charge in [-0.1, -0.05) is 0 Å². The van der Waals surface area contributed by atoms with Crippen molar-refractivity contribution in [2.45, 2.75) is 6.54 Å². The Bertz CT molecular complexity index is 810. The number of hydrogen-bond acceptors (Lipinski definition) is 5. The van der Waals surface area contributed by atoms with Crippen molar-refractivity contribution >= 4 is 22.5 Å². The van der Waals surface area contributed by atoms with Gasteiger partial charge in [0.25, 0.3) is 5.56 Å². The highest BCUT2D eigenvalue weighted by Crippen LogP contribution is 2.16. The minimum Gasteiger partial charge on any atom is -0.383 e. The molecule has 0 spiro atoms. The molecule has 22 heavy (non-hydrogen) atoms. The van der Waals surface area contributed by atoms with Crippen molar-refractivity contribution in [3.8, 4) is 0 Å². The molecule has 1 aliphatic heterocycles. The van der Waals surface area contributed by atoms with Gasteiger partial charge in [0, 0.05) is 24.6 Å². The predicted octanol–water partition coefficient (Wildman–Crippen LogP) is 0.469. The Hall–Kier alpha value is -2.67. The second-order valence-electron chi connectivity index (χ2n) is 4.98. The van der Waals surface area contributed by atoms with Gasteiger partial charge in [0.2, 0.25) is 5.91 Å². The molecule has 1 aliphatic rings. The number of benzene rings is 1. The van der Waals surface area contributed by atoms with Crippen LogP contribution in [0, 0.1) is 0 Å². The summed E-state index contributed by atoms with van der Waals surface area (Å²) in [7, 11) is 1.59. The lowest BCUT2D eigenvalue weighted by Gasteiger charge is -2.09. The smallest absolute Gasteiger partial charge is 0.261 e. The average molecular weight is 300 g/mol. The molecule has 1 aromatic carbocycles. The van der Waals surface area contributed by atoms with Gasteiger partial charge < -0.3 is 15.4 Å². The Balaban J connectivity index is 1.93. The summed E-state index contributed by atoms with van der Waals surface area (Å²) < 4.78 is 6.51. The van der Waals surface area contributed by atoms with Crippen LogP contribution in [-0.2, 0) is 16.1 Å². The lowest BCUT2D eigenvalue weighted by molar-refractivity contribution is -0.115. The van der Waals surface area contributed by atoms with E-state index in [1.54, 1.807) is 19.2 Å². The van der Waals surface area contributed by atoms with Crippen molar-refractivity contribution < 1.29 is 9.53 Å². The molecule has 2 aromatic rings. The summed E-state index contributed by atoms with van der Waals surface area (Å²) in [5.74, 6) is -0.119. The fraction of sp³-hybridized carbons (Fsp3) is 0.267. The summed E-state index contributed by atoms with van der Waals surface area (Å²) in [5.41, 5.74) is 2.05. The third kappa shape index (κ3) is 2.84. The number of ether oxygens (including phenoxy) is 1. The Morgan fingerprint density at radius 1 is 1.41 bits per heavy atom. The van der Waals surface area contributed by atoms with E-state index in [-0.39, 0.29) is 11.5 Å². The second-order valence-corrected chi connectivity index (χ2v) is 4.98. The van der Waals surface area contributed by atoms with Crippen LogP contribution in [-0.4, -0.2) is 35.7 Å². The van der Waals surface area contributed by atoms with Crippen molar-refractivity contribution in [1.82, 2.24) is 14.9 Å². The van der Waals surface area contributed by atoms with E-state index in [9.17, 15) is 9.59 Å². The number of rotatable bonds is 5. The summed E-state index contributed by atoms with van der Waals surface area (Å²) in [6, 6.07) is 5.36. The van der Waals surface area contributed by atoms with Gasteiger partial charge in [0.1, 0.15) is 0 Å². The van der Waals surface area contributed by atoms with Crippen molar-refractivity contribution in [3.63, 3.8) is 0 Å². The normalized spacial score (nSPS) is 14.0. The Labute approximate surface area is 126 Å². The molecule has 0 unspecified atom stereocenters. The summed E-state index contributed by atoms with van der Waals surface area (Å²) in [4.78, 5) is 27.9. The first-order valence-corrected chi connectivity index (χ1v) is 6.91. The van der Waals surface area contributed by atoms with Crippen LogP contribution in [0.25, 0.3) is 10.9 Å². The molecule has 2 N–H and O–H groups in total. The minimum atomic E-state index is -0.119. The van der Waals surface area contributed by atoms with E-state index >= 15 is 0 Å². The van der Waals surface area contributed by atoms with Gasteiger partial charge in [-0.2, -0.15) is 0 Å². The largest absolute Gasteiger partial charge is 0.383 e. The van der Waals surface area contributed by atoms with Gasteiger partial charge in [-0.15, -0.1) is 0 Å². The fourth-order valence-corrected chi connectivity index (χ4v) is 2.29. The molecule has 0 saturated carbocycles. The van der Waals surface area contributed by atoms with Crippen LogP contribution >= 0.6 is 0 Å². The maximum absolute atomic E-state index is 12.4. The summed E-state index contributed by atoms with van der Waals surface area (Å²) in [6.07, 6.45) is 3.03.